The Morgan fingerprint density at radius 1 is 1.25 bits per heavy atom. The van der Waals surface area contributed by atoms with Crippen LogP contribution in [-0.4, -0.2) is 11.5 Å². The third-order valence-electron chi connectivity index (χ3n) is 2.10. The lowest BCUT2D eigenvalue weighted by atomic mass is 10.1. The predicted molar refractivity (Wildman–Crippen MR) is 52.2 cm³/mol. The average molecular weight is 166 g/mol. The van der Waals surface area contributed by atoms with E-state index in [1.54, 1.807) is 0 Å². The zero-order valence-corrected chi connectivity index (χ0v) is 7.77. The van der Waals surface area contributed by atoms with Gasteiger partial charge in [0.15, 0.2) is 0 Å². The van der Waals surface area contributed by atoms with E-state index in [0.29, 0.717) is 0 Å². The van der Waals surface area contributed by atoms with Crippen molar-refractivity contribution in [1.29, 1.82) is 0 Å². The third kappa shape index (κ3) is 2.38. The lowest BCUT2D eigenvalue weighted by molar-refractivity contribution is 0.815. The van der Waals surface area contributed by atoms with E-state index < -0.39 is 0 Å². The highest BCUT2D eigenvalue weighted by Crippen LogP contribution is 2.11. The number of aromatic amines is 1. The van der Waals surface area contributed by atoms with Crippen molar-refractivity contribution in [3.63, 3.8) is 0 Å². The maximum Gasteiger partial charge on any atom is 0.00402 e. The van der Waals surface area contributed by atoms with Crippen molar-refractivity contribution in [2.45, 2.75) is 32.6 Å². The molecule has 0 fully saturated rings. The Morgan fingerprint density at radius 3 is 2.50 bits per heavy atom. The number of aryl methyl sites for hydroxylation is 2. The first-order chi connectivity index (χ1) is 5.88. The number of aromatic nitrogens is 1. The van der Waals surface area contributed by atoms with Gasteiger partial charge in [0.25, 0.3) is 0 Å². The maximum atomic E-state index is 5.46. The minimum Gasteiger partial charge on any atom is -0.367 e. The van der Waals surface area contributed by atoms with Crippen LogP contribution in [0.4, 0.5) is 0 Å². The first-order valence-corrected chi connectivity index (χ1v) is 4.73. The molecule has 0 atom stereocenters. The van der Waals surface area contributed by atoms with Gasteiger partial charge in [-0.1, -0.05) is 13.3 Å². The highest BCUT2D eigenvalue weighted by atomic mass is 14.6. The highest BCUT2D eigenvalue weighted by Gasteiger charge is 2.00. The van der Waals surface area contributed by atoms with E-state index in [1.165, 1.54) is 24.0 Å². The van der Waals surface area contributed by atoms with Crippen molar-refractivity contribution < 1.29 is 0 Å². The molecule has 1 aromatic rings. The molecule has 1 aromatic heterocycles. The van der Waals surface area contributed by atoms with Gasteiger partial charge in [-0.05, 0) is 36.9 Å². The summed E-state index contributed by atoms with van der Waals surface area (Å²) in [4.78, 5) is 3.15. The van der Waals surface area contributed by atoms with E-state index in [9.17, 15) is 0 Å². The van der Waals surface area contributed by atoms with E-state index in [4.69, 9.17) is 5.73 Å². The van der Waals surface area contributed by atoms with Crippen LogP contribution in [0, 0.1) is 0 Å². The van der Waals surface area contributed by atoms with Crippen molar-refractivity contribution in [2.24, 2.45) is 5.73 Å². The second-order valence-electron chi connectivity index (χ2n) is 3.15. The maximum absolute atomic E-state index is 5.46. The first kappa shape index (κ1) is 9.33. The Kier molecular flexibility index (Phi) is 3.88. The fourth-order valence-electron chi connectivity index (χ4n) is 1.46. The van der Waals surface area contributed by atoms with E-state index in [0.717, 1.165) is 19.4 Å². The Bertz CT molecular complexity index is 215. The predicted octanol–water partition coefficient (Wildman–Crippen LogP) is 1.86. The lowest BCUT2D eigenvalue weighted by Crippen LogP contribution is -2.00. The van der Waals surface area contributed by atoms with Gasteiger partial charge in [0.05, 0.1) is 0 Å². The van der Waals surface area contributed by atoms with Gasteiger partial charge in [0.2, 0.25) is 0 Å². The minimum atomic E-state index is 0.788. The van der Waals surface area contributed by atoms with Crippen molar-refractivity contribution >= 4 is 0 Å². The molecule has 0 aromatic carbocycles. The standard InChI is InChI=1S/C10H18N2/c1-2-4-9-7-12-8-10(9)5-3-6-11/h7-8,12H,2-6,11H2,1H3. The van der Waals surface area contributed by atoms with Crippen LogP contribution in [0.3, 0.4) is 0 Å². The van der Waals surface area contributed by atoms with Crippen molar-refractivity contribution in [3.05, 3.63) is 23.5 Å². The Balaban J connectivity index is 2.51. The van der Waals surface area contributed by atoms with Crippen LogP contribution in [0.25, 0.3) is 0 Å². The van der Waals surface area contributed by atoms with Gasteiger partial charge in [-0.3, -0.25) is 0 Å². The number of hydrogen-bond acceptors (Lipinski definition) is 1. The van der Waals surface area contributed by atoms with Gasteiger partial charge in [-0.2, -0.15) is 0 Å². The lowest BCUT2D eigenvalue weighted by Gasteiger charge is -2.00. The van der Waals surface area contributed by atoms with Crippen LogP contribution < -0.4 is 5.73 Å². The highest BCUT2D eigenvalue weighted by molar-refractivity contribution is 5.23. The normalized spacial score (nSPS) is 10.5. The first-order valence-electron chi connectivity index (χ1n) is 4.73. The molecule has 0 aliphatic rings. The zero-order chi connectivity index (χ0) is 8.81. The summed E-state index contributed by atoms with van der Waals surface area (Å²) in [6.07, 6.45) is 8.82. The van der Waals surface area contributed by atoms with Gasteiger partial charge >= 0.3 is 0 Å². The molecule has 0 bridgehead atoms. The molecule has 0 spiro atoms. The molecule has 2 nitrogen and oxygen atoms in total. The van der Waals surface area contributed by atoms with Gasteiger partial charge < -0.3 is 10.7 Å². The summed E-state index contributed by atoms with van der Waals surface area (Å²) in [5.41, 5.74) is 8.37. The summed E-state index contributed by atoms with van der Waals surface area (Å²) < 4.78 is 0. The molecule has 0 aliphatic carbocycles. The monoisotopic (exact) mass is 166 g/mol. The van der Waals surface area contributed by atoms with Gasteiger partial charge in [-0.25, -0.2) is 0 Å². The quantitative estimate of drug-likeness (QED) is 0.688. The number of nitrogens with one attached hydrogen (secondary N) is 1. The molecule has 0 radical (unpaired) electrons. The Hall–Kier alpha value is -0.760. The summed E-state index contributed by atoms with van der Waals surface area (Å²) in [5.74, 6) is 0. The molecule has 0 saturated heterocycles. The van der Waals surface area contributed by atoms with Crippen molar-refractivity contribution in [2.75, 3.05) is 6.54 Å². The Morgan fingerprint density at radius 2 is 1.92 bits per heavy atom. The van der Waals surface area contributed by atoms with Gasteiger partial charge in [0.1, 0.15) is 0 Å². The SMILES string of the molecule is CCCc1c[nH]cc1CCCN. The van der Waals surface area contributed by atoms with E-state index in [2.05, 4.69) is 24.3 Å². The third-order valence-corrected chi connectivity index (χ3v) is 2.10. The molecular weight excluding hydrogens is 148 g/mol. The van der Waals surface area contributed by atoms with Gasteiger partial charge in [-0.15, -0.1) is 0 Å². The van der Waals surface area contributed by atoms with Crippen LogP contribution in [0.15, 0.2) is 12.4 Å². The summed E-state index contributed by atoms with van der Waals surface area (Å²) in [6, 6.07) is 0. The summed E-state index contributed by atoms with van der Waals surface area (Å²) >= 11 is 0. The molecule has 12 heavy (non-hydrogen) atoms. The van der Waals surface area contributed by atoms with Gasteiger partial charge in [0, 0.05) is 12.4 Å². The van der Waals surface area contributed by atoms with Crippen LogP contribution in [0.5, 0.6) is 0 Å². The van der Waals surface area contributed by atoms with E-state index in [1.807, 2.05) is 0 Å². The topological polar surface area (TPSA) is 41.8 Å². The van der Waals surface area contributed by atoms with E-state index in [-0.39, 0.29) is 0 Å². The van der Waals surface area contributed by atoms with Crippen LogP contribution in [-0.2, 0) is 12.8 Å². The largest absolute Gasteiger partial charge is 0.367 e. The second-order valence-corrected chi connectivity index (χ2v) is 3.15. The molecule has 0 unspecified atom stereocenters. The Labute approximate surface area is 74.2 Å². The molecular formula is C10H18N2. The van der Waals surface area contributed by atoms with Crippen LogP contribution >= 0.6 is 0 Å². The average Bonchev–Trinajstić information content (AvgIpc) is 2.50. The fourth-order valence-corrected chi connectivity index (χ4v) is 1.46. The molecule has 0 saturated carbocycles. The summed E-state index contributed by atoms with van der Waals surface area (Å²) in [5, 5.41) is 0. The van der Waals surface area contributed by atoms with Crippen molar-refractivity contribution in [1.82, 2.24) is 4.98 Å². The number of nitrogens with two attached hydrogens (primary N) is 1. The molecule has 0 aliphatic heterocycles. The molecule has 1 rings (SSSR count). The minimum absolute atomic E-state index is 0.788. The number of hydrogen-bond donors (Lipinski definition) is 2. The molecule has 0 amide bonds. The smallest absolute Gasteiger partial charge is 0.00402 e. The van der Waals surface area contributed by atoms with Crippen molar-refractivity contribution in [3.8, 4) is 0 Å². The molecule has 68 valence electrons. The van der Waals surface area contributed by atoms with E-state index >= 15 is 0 Å². The summed E-state index contributed by atoms with van der Waals surface area (Å²) in [7, 11) is 0. The van der Waals surface area contributed by atoms with Crippen LogP contribution in [0.1, 0.15) is 30.9 Å². The number of H-pyrrole nitrogens is 1. The molecule has 2 heteroatoms. The second kappa shape index (κ2) is 4.99. The number of rotatable bonds is 5. The molecule has 1 heterocycles. The fraction of sp³-hybridized carbons (Fsp3) is 0.600. The summed E-state index contributed by atoms with van der Waals surface area (Å²) in [6.45, 7) is 3.00. The zero-order valence-electron chi connectivity index (χ0n) is 7.77. The van der Waals surface area contributed by atoms with Crippen LogP contribution in [0.2, 0.25) is 0 Å². The molecule has 3 N–H and O–H groups in total.